The Morgan fingerprint density at radius 2 is 0.812 bits per heavy atom. The second-order valence-electron chi connectivity index (χ2n) is 21.2. The average Bonchev–Trinajstić information content (AvgIpc) is 1.65. The first-order chi connectivity index (χ1) is 48.2. The topological polar surface area (TPSA) is 14.8 Å². The van der Waals surface area contributed by atoms with Gasteiger partial charge in [-0.25, -0.2) is 0 Å². The van der Waals surface area contributed by atoms with E-state index in [1.807, 2.05) is 103 Å². The van der Waals surface area contributed by atoms with E-state index in [4.69, 9.17) is 9.60 Å². The van der Waals surface area contributed by atoms with Gasteiger partial charge in [-0.15, -0.1) is 0 Å². The molecule has 0 aliphatic carbocycles. The summed E-state index contributed by atoms with van der Waals surface area (Å²) in [5.74, 6) is 0. The number of fused-ring (bicyclic) bond motifs is 17. The lowest BCUT2D eigenvalue weighted by atomic mass is 9.62. The Balaban J connectivity index is 1.14. The van der Waals surface area contributed by atoms with Crippen LogP contribution in [0.25, 0.3) is 82.5 Å². The number of nitrogens with zero attached hydrogens (tertiary/aromatic N) is 3. The summed E-state index contributed by atoms with van der Waals surface area (Å²) in [6.07, 6.45) is 0. The van der Waals surface area contributed by atoms with Crippen molar-refractivity contribution in [3.8, 4) is 17.1 Å². The highest BCUT2D eigenvalue weighted by molar-refractivity contribution is 7.20. The number of para-hydroxylation sites is 4. The lowest BCUT2D eigenvalue weighted by molar-refractivity contribution is 0.731. The van der Waals surface area contributed by atoms with E-state index in [0.29, 0.717) is 54.2 Å². The van der Waals surface area contributed by atoms with E-state index in [1.54, 1.807) is 18.2 Å². The summed E-state index contributed by atoms with van der Waals surface area (Å²) in [5.41, 5.74) is 3.26. The zero-order valence-corrected chi connectivity index (χ0v) is 44.9. The number of benzene rings is 12. The molecule has 15 aromatic rings. The van der Waals surface area contributed by atoms with Gasteiger partial charge in [-0.1, -0.05) is 237 Å². The highest BCUT2D eigenvalue weighted by atomic mass is 28.3. The van der Waals surface area contributed by atoms with Crippen LogP contribution in [0.1, 0.15) is 51.0 Å². The van der Waals surface area contributed by atoms with Gasteiger partial charge in [-0.05, 0) is 114 Å². The summed E-state index contributed by atoms with van der Waals surface area (Å²) in [4.78, 5) is 0. The Labute approximate surface area is 496 Å². The predicted molar refractivity (Wildman–Crippen MR) is 342 cm³/mol. The highest BCUT2D eigenvalue weighted by Crippen LogP contribution is 2.56. The minimum absolute atomic E-state index is 0.119. The summed E-state index contributed by atoms with van der Waals surface area (Å²) < 4.78 is 202. The van der Waals surface area contributed by atoms with Crippen LogP contribution in [-0.4, -0.2) is 29.8 Å². The van der Waals surface area contributed by atoms with E-state index in [2.05, 4.69) is 54.1 Å². The number of rotatable bonds is 6. The quantitative estimate of drug-likeness (QED) is 0.116. The van der Waals surface area contributed by atoms with Gasteiger partial charge < -0.3 is 13.7 Å². The van der Waals surface area contributed by atoms with E-state index in [-0.39, 0.29) is 72.3 Å². The summed E-state index contributed by atoms with van der Waals surface area (Å²) in [7, 11) is -6.97. The van der Waals surface area contributed by atoms with Crippen molar-refractivity contribution in [2.75, 3.05) is 0 Å². The van der Waals surface area contributed by atoms with Gasteiger partial charge in [0.1, 0.15) is 8.07 Å². The van der Waals surface area contributed by atoms with Crippen molar-refractivity contribution in [2.45, 2.75) is 18.5 Å². The highest BCUT2D eigenvalue weighted by Gasteiger charge is 2.54. The third-order valence-corrected chi connectivity index (χ3v) is 25.3. The van der Waals surface area contributed by atoms with Crippen LogP contribution in [0.15, 0.2) is 285 Å². The molecule has 0 N–H and O–H groups in total. The van der Waals surface area contributed by atoms with E-state index < -0.39 is 136 Å². The Bertz CT molecular complexity index is 6070. The fourth-order valence-corrected chi connectivity index (χ4v) is 21.7. The van der Waals surface area contributed by atoms with Gasteiger partial charge >= 0.3 is 0 Å². The van der Waals surface area contributed by atoms with E-state index in [0.717, 1.165) is 21.5 Å². The Kier molecular flexibility index (Phi) is 6.16. The van der Waals surface area contributed by atoms with Crippen LogP contribution >= 0.6 is 0 Å². The lowest BCUT2D eigenvalue weighted by Crippen LogP contribution is -2.74. The maximum absolute atomic E-state index is 9.99. The molecule has 12 aromatic carbocycles. The van der Waals surface area contributed by atoms with Crippen LogP contribution in [0.3, 0.4) is 0 Å². The number of aromatic nitrogens is 3. The summed E-state index contributed by atoms with van der Waals surface area (Å²) in [6, 6.07) is 39.3. The molecule has 1 spiro atoms. The molecule has 0 saturated heterocycles. The standard InChI is InChI=1S/C75H53N3Si2/c1-79(2)72-40-22-16-34-63(72)75(64-35-17-23-41-73(64)79)62-44-43-55(80(52-24-6-3-7-25-52,53-26-8-4-9-27-53)54-28-10-5-11-29-54)49-71(62)78-70-45-42-50(76-66-36-18-12-30-56(66)57-31-13-19-37-67(57)76)46-60(70)61-47-51(48-65(75)74(61)78)77-68-38-20-14-32-58(68)59-33-15-21-39-69(59)77/h3-49H,1-2H3/i3D,6D,7D,12D,13D,14D,15D,18D,19D,20D,21D,24D,25D,30D,31D,32D,33D,36D,37D,38D,39D. The van der Waals surface area contributed by atoms with Gasteiger partial charge in [0.2, 0.25) is 0 Å². The molecule has 5 heterocycles. The average molecular weight is 1070 g/mol. The minimum Gasteiger partial charge on any atom is -0.309 e. The molecule has 3 aromatic heterocycles. The van der Waals surface area contributed by atoms with Crippen LogP contribution in [-0.2, 0) is 5.41 Å². The fourth-order valence-electron chi connectivity index (χ4n) is 14.0. The van der Waals surface area contributed by atoms with Crippen LogP contribution < -0.4 is 31.1 Å². The molecular weight excluding hydrogens is 999 g/mol. The van der Waals surface area contributed by atoms with Crippen molar-refractivity contribution in [1.29, 1.82) is 0 Å². The van der Waals surface area contributed by atoms with Crippen LogP contribution in [0, 0.1) is 0 Å². The monoisotopic (exact) mass is 1070 g/mol. The molecule has 17 rings (SSSR count). The lowest BCUT2D eigenvalue weighted by Gasteiger charge is -2.50. The number of hydrogen-bond donors (Lipinski definition) is 0. The van der Waals surface area contributed by atoms with Gasteiger partial charge in [0.05, 0.1) is 73.0 Å². The molecule has 0 unspecified atom stereocenters. The molecule has 0 atom stereocenters. The smallest absolute Gasteiger partial charge is 0.179 e. The van der Waals surface area contributed by atoms with Crippen molar-refractivity contribution < 1.29 is 28.8 Å². The van der Waals surface area contributed by atoms with E-state index in [1.165, 1.54) is 9.13 Å². The first-order valence-corrected chi connectivity index (χ1v) is 31.4. The van der Waals surface area contributed by atoms with Gasteiger partial charge in [0.25, 0.3) is 0 Å². The van der Waals surface area contributed by atoms with Gasteiger partial charge in [-0.3, -0.25) is 0 Å². The maximum atomic E-state index is 9.99. The van der Waals surface area contributed by atoms with Crippen LogP contribution in [0.4, 0.5) is 0 Å². The molecule has 0 fully saturated rings. The molecule has 0 saturated carbocycles. The zero-order chi connectivity index (χ0) is 71.2. The van der Waals surface area contributed by atoms with E-state index >= 15 is 0 Å². The van der Waals surface area contributed by atoms with Crippen LogP contribution in [0.5, 0.6) is 0 Å². The van der Waals surface area contributed by atoms with E-state index in [9.17, 15) is 19.2 Å². The number of hydrogen-bond acceptors (Lipinski definition) is 0. The minimum atomic E-state index is -4.21. The summed E-state index contributed by atoms with van der Waals surface area (Å²) in [5, 5.41) is 4.60. The largest absolute Gasteiger partial charge is 0.309 e. The Morgan fingerprint density at radius 3 is 1.36 bits per heavy atom. The molecule has 80 heavy (non-hydrogen) atoms. The second-order valence-corrected chi connectivity index (χ2v) is 29.2. The predicted octanol–water partition coefficient (Wildman–Crippen LogP) is 14.2. The SMILES string of the molecule is [2H]c1c([2H])c([2H])c([Si](c2ccccc2)(c2ccccc2)c2ccc3c(c2)-n2c4ccc(-n5c6c([2H])c([2H])c([2H])c([2H])c6c6c([2H])c([2H])c([2H])c([2H])c65)cc4c4cc(-n5c6c([2H])c([2H])c([2H])c([2H])c6c6c([2H])c([2H])c([2H])c([2H])c65)cc(c42)C32c3ccccc3[Si](C)(C)c3ccccc32)c([2H])c1[2H]. The molecule has 0 radical (unpaired) electrons. The third kappa shape index (κ3) is 5.87. The second kappa shape index (κ2) is 16.7. The molecular formula is C75H53N3Si2. The van der Waals surface area contributed by atoms with Crippen LogP contribution in [0.2, 0.25) is 13.1 Å². The van der Waals surface area contributed by atoms with Gasteiger partial charge in [0, 0.05) is 43.7 Å². The van der Waals surface area contributed by atoms with Gasteiger partial charge in [-0.2, -0.15) is 0 Å². The fraction of sp³-hybridized carbons (Fsp3) is 0.0400. The zero-order valence-electron chi connectivity index (χ0n) is 63.9. The molecule has 2 aliphatic heterocycles. The first-order valence-electron chi connectivity index (χ1n) is 36.9. The molecule has 2 aliphatic rings. The van der Waals surface area contributed by atoms with Crippen molar-refractivity contribution in [1.82, 2.24) is 13.7 Å². The van der Waals surface area contributed by atoms with Crippen molar-refractivity contribution in [2.24, 2.45) is 0 Å². The molecule has 5 heteroatoms. The molecule has 0 amide bonds. The van der Waals surface area contributed by atoms with Crippen molar-refractivity contribution >= 4 is 113 Å². The third-order valence-electron chi connectivity index (χ3n) is 17.2. The van der Waals surface area contributed by atoms with Crippen molar-refractivity contribution in [3.05, 3.63) is 307 Å². The normalized spacial score (nSPS) is 17.8. The summed E-state index contributed by atoms with van der Waals surface area (Å²) >= 11 is 0. The first kappa shape index (κ1) is 29.4. The Hall–Kier alpha value is -9.53. The molecule has 0 bridgehead atoms. The molecule has 376 valence electrons. The van der Waals surface area contributed by atoms with Gasteiger partial charge in [0.15, 0.2) is 8.07 Å². The summed E-state index contributed by atoms with van der Waals surface area (Å²) in [6.45, 7) is 4.59. The van der Waals surface area contributed by atoms with Crippen molar-refractivity contribution in [3.63, 3.8) is 0 Å². The Morgan fingerprint density at radius 1 is 0.338 bits per heavy atom. The molecule has 3 nitrogen and oxygen atoms in total. The maximum Gasteiger partial charge on any atom is 0.179 e.